The molecule has 0 amide bonds. The number of nitrogens with zero attached hydrogens (tertiary/aromatic N) is 3. The first-order valence-electron chi connectivity index (χ1n) is 7.26. The van der Waals surface area contributed by atoms with Gasteiger partial charge in [-0.15, -0.1) is 0 Å². The molecule has 5 nitrogen and oxygen atoms in total. The number of nitro groups is 1. The van der Waals surface area contributed by atoms with Crippen LogP contribution in [0, 0.1) is 10.1 Å². The summed E-state index contributed by atoms with van der Waals surface area (Å²) in [4.78, 5) is 16.7. The molecule has 0 radical (unpaired) electrons. The molecule has 22 heavy (non-hydrogen) atoms. The molecule has 1 aromatic carbocycles. The number of benzene rings is 1. The van der Waals surface area contributed by atoms with Gasteiger partial charge in [-0.05, 0) is 24.0 Å². The fourth-order valence-corrected chi connectivity index (χ4v) is 3.35. The van der Waals surface area contributed by atoms with Crippen LogP contribution in [0.4, 0.5) is 11.5 Å². The summed E-state index contributed by atoms with van der Waals surface area (Å²) < 4.78 is 0. The SMILES string of the molecule is CCC1c2ccccc2CCN1c1ncc([N+](=O)[O-])cc1Cl. The van der Waals surface area contributed by atoms with E-state index in [-0.39, 0.29) is 11.7 Å². The molecule has 1 unspecified atom stereocenters. The van der Waals surface area contributed by atoms with Gasteiger partial charge in [-0.1, -0.05) is 42.8 Å². The molecule has 0 aliphatic carbocycles. The zero-order valence-corrected chi connectivity index (χ0v) is 13.0. The zero-order valence-electron chi connectivity index (χ0n) is 12.2. The van der Waals surface area contributed by atoms with Crippen molar-refractivity contribution >= 4 is 23.1 Å². The van der Waals surface area contributed by atoms with E-state index in [1.54, 1.807) is 0 Å². The van der Waals surface area contributed by atoms with Gasteiger partial charge in [0.25, 0.3) is 5.69 Å². The number of anilines is 1. The predicted molar refractivity (Wildman–Crippen MR) is 86.4 cm³/mol. The molecule has 0 bridgehead atoms. The van der Waals surface area contributed by atoms with Gasteiger partial charge >= 0.3 is 0 Å². The van der Waals surface area contributed by atoms with Crippen molar-refractivity contribution in [2.45, 2.75) is 25.8 Å². The quantitative estimate of drug-likeness (QED) is 0.630. The van der Waals surface area contributed by atoms with E-state index in [2.05, 4.69) is 35.0 Å². The second-order valence-corrected chi connectivity index (χ2v) is 5.73. The van der Waals surface area contributed by atoms with Crippen molar-refractivity contribution in [2.75, 3.05) is 11.4 Å². The Labute approximate surface area is 133 Å². The number of fused-ring (bicyclic) bond motifs is 1. The topological polar surface area (TPSA) is 59.3 Å². The van der Waals surface area contributed by atoms with Crippen LogP contribution in [-0.4, -0.2) is 16.5 Å². The largest absolute Gasteiger partial charge is 0.348 e. The van der Waals surface area contributed by atoms with Gasteiger partial charge in [0.15, 0.2) is 0 Å². The Morgan fingerprint density at radius 1 is 1.45 bits per heavy atom. The van der Waals surface area contributed by atoms with Gasteiger partial charge in [0.05, 0.1) is 16.0 Å². The first-order valence-corrected chi connectivity index (χ1v) is 7.64. The van der Waals surface area contributed by atoms with Crippen LogP contribution in [0.2, 0.25) is 5.02 Å². The Hall–Kier alpha value is -2.14. The van der Waals surface area contributed by atoms with Crippen molar-refractivity contribution in [3.05, 3.63) is 62.8 Å². The minimum Gasteiger partial charge on any atom is -0.348 e. The molecule has 1 atom stereocenters. The van der Waals surface area contributed by atoms with Crippen molar-refractivity contribution in [3.8, 4) is 0 Å². The average Bonchev–Trinajstić information content (AvgIpc) is 2.53. The van der Waals surface area contributed by atoms with E-state index in [1.165, 1.54) is 23.4 Å². The van der Waals surface area contributed by atoms with Crippen LogP contribution < -0.4 is 4.90 Å². The Kier molecular flexibility index (Phi) is 3.98. The van der Waals surface area contributed by atoms with E-state index in [0.717, 1.165) is 19.4 Å². The van der Waals surface area contributed by atoms with E-state index >= 15 is 0 Å². The molecule has 0 N–H and O–H groups in total. The number of aromatic nitrogens is 1. The van der Waals surface area contributed by atoms with Crippen LogP contribution in [0.1, 0.15) is 30.5 Å². The number of halogens is 1. The molecule has 6 heteroatoms. The standard InChI is InChI=1S/C16H16ClN3O2/c1-2-15-13-6-4-3-5-11(13)7-8-19(15)16-14(17)9-12(10-18-16)20(21)22/h3-6,9-10,15H,2,7-8H2,1H3. The third kappa shape index (κ3) is 2.52. The van der Waals surface area contributed by atoms with Gasteiger partial charge in [0.1, 0.15) is 12.0 Å². The van der Waals surface area contributed by atoms with Crippen molar-refractivity contribution < 1.29 is 4.92 Å². The highest BCUT2D eigenvalue weighted by atomic mass is 35.5. The minimum absolute atomic E-state index is 0.0841. The first-order chi connectivity index (χ1) is 10.6. The van der Waals surface area contributed by atoms with Crippen LogP contribution in [0.25, 0.3) is 0 Å². The highest BCUT2D eigenvalue weighted by Crippen LogP contribution is 2.38. The van der Waals surface area contributed by atoms with Gasteiger partial charge in [0.2, 0.25) is 0 Å². The zero-order chi connectivity index (χ0) is 15.7. The van der Waals surface area contributed by atoms with E-state index in [4.69, 9.17) is 11.6 Å². The maximum absolute atomic E-state index is 10.8. The Bertz CT molecular complexity index is 720. The highest BCUT2D eigenvalue weighted by Gasteiger charge is 2.28. The van der Waals surface area contributed by atoms with Crippen LogP contribution in [0.5, 0.6) is 0 Å². The molecule has 3 rings (SSSR count). The maximum atomic E-state index is 10.8. The number of rotatable bonds is 3. The van der Waals surface area contributed by atoms with Crippen LogP contribution in [0.15, 0.2) is 36.5 Å². The monoisotopic (exact) mass is 317 g/mol. The lowest BCUT2D eigenvalue weighted by Crippen LogP contribution is -2.36. The second kappa shape index (κ2) is 5.93. The summed E-state index contributed by atoms with van der Waals surface area (Å²) in [6.07, 6.45) is 3.11. The van der Waals surface area contributed by atoms with E-state index in [1.807, 2.05) is 6.07 Å². The van der Waals surface area contributed by atoms with Gasteiger partial charge in [-0.3, -0.25) is 10.1 Å². The molecular weight excluding hydrogens is 302 g/mol. The molecule has 0 fully saturated rings. The lowest BCUT2D eigenvalue weighted by Gasteiger charge is -2.38. The molecule has 0 saturated heterocycles. The van der Waals surface area contributed by atoms with Crippen LogP contribution >= 0.6 is 11.6 Å². The number of hydrogen-bond donors (Lipinski definition) is 0. The van der Waals surface area contributed by atoms with Crippen molar-refractivity contribution in [1.29, 1.82) is 0 Å². The number of hydrogen-bond acceptors (Lipinski definition) is 4. The lowest BCUT2D eigenvalue weighted by atomic mass is 9.91. The Balaban J connectivity index is 2.00. The fourth-order valence-electron chi connectivity index (χ4n) is 3.08. The fraction of sp³-hybridized carbons (Fsp3) is 0.312. The van der Waals surface area contributed by atoms with E-state index in [0.29, 0.717) is 10.8 Å². The van der Waals surface area contributed by atoms with E-state index < -0.39 is 4.92 Å². The summed E-state index contributed by atoms with van der Waals surface area (Å²) in [7, 11) is 0. The molecule has 1 aliphatic rings. The minimum atomic E-state index is -0.481. The van der Waals surface area contributed by atoms with Gasteiger partial charge < -0.3 is 4.90 Å². The predicted octanol–water partition coefficient (Wildman–Crippen LogP) is 4.16. The first kappa shape index (κ1) is 14.8. The Morgan fingerprint density at radius 2 is 2.23 bits per heavy atom. The molecule has 1 aliphatic heterocycles. The van der Waals surface area contributed by atoms with Gasteiger partial charge in [0, 0.05) is 12.6 Å². The summed E-state index contributed by atoms with van der Waals surface area (Å²) >= 11 is 6.25. The summed E-state index contributed by atoms with van der Waals surface area (Å²) in [5.74, 6) is 0.619. The smallest absolute Gasteiger partial charge is 0.289 e. The van der Waals surface area contributed by atoms with Crippen molar-refractivity contribution in [2.24, 2.45) is 0 Å². The molecule has 0 spiro atoms. The molecule has 2 heterocycles. The molecule has 114 valence electrons. The Morgan fingerprint density at radius 3 is 2.91 bits per heavy atom. The average molecular weight is 318 g/mol. The van der Waals surface area contributed by atoms with Gasteiger partial charge in [-0.2, -0.15) is 0 Å². The van der Waals surface area contributed by atoms with Crippen LogP contribution in [0.3, 0.4) is 0 Å². The summed E-state index contributed by atoms with van der Waals surface area (Å²) in [5.41, 5.74) is 2.55. The second-order valence-electron chi connectivity index (χ2n) is 5.32. The van der Waals surface area contributed by atoms with Crippen molar-refractivity contribution in [3.63, 3.8) is 0 Å². The third-order valence-electron chi connectivity index (χ3n) is 4.09. The van der Waals surface area contributed by atoms with Crippen molar-refractivity contribution in [1.82, 2.24) is 4.98 Å². The molecule has 1 aromatic heterocycles. The third-order valence-corrected chi connectivity index (χ3v) is 4.37. The maximum Gasteiger partial charge on any atom is 0.289 e. The lowest BCUT2D eigenvalue weighted by molar-refractivity contribution is -0.385. The molecule has 0 saturated carbocycles. The molecule has 2 aromatic rings. The molecular formula is C16H16ClN3O2. The van der Waals surface area contributed by atoms with E-state index in [9.17, 15) is 10.1 Å². The highest BCUT2D eigenvalue weighted by molar-refractivity contribution is 6.33. The van der Waals surface area contributed by atoms with Gasteiger partial charge in [-0.25, -0.2) is 4.98 Å². The summed E-state index contributed by atoms with van der Waals surface area (Å²) in [5, 5.41) is 11.1. The summed E-state index contributed by atoms with van der Waals surface area (Å²) in [6.45, 7) is 2.93. The summed E-state index contributed by atoms with van der Waals surface area (Å²) in [6, 6.07) is 9.94. The van der Waals surface area contributed by atoms with Crippen LogP contribution in [-0.2, 0) is 6.42 Å². The normalized spacial score (nSPS) is 17.2. The number of pyridine rings is 1.